The summed E-state index contributed by atoms with van der Waals surface area (Å²) >= 11 is 0. The molecule has 0 aromatic carbocycles. The van der Waals surface area contributed by atoms with E-state index in [0.717, 1.165) is 4.90 Å². The van der Waals surface area contributed by atoms with Crippen molar-refractivity contribution >= 4 is 11.9 Å². The van der Waals surface area contributed by atoms with Gasteiger partial charge in [0.05, 0.1) is 12.6 Å². The van der Waals surface area contributed by atoms with Gasteiger partial charge in [-0.25, -0.2) is 4.79 Å². The number of amides is 3. The first kappa shape index (κ1) is 8.00. The van der Waals surface area contributed by atoms with Crippen molar-refractivity contribution < 1.29 is 9.59 Å². The normalized spacial score (nSPS) is 25.3. The van der Waals surface area contributed by atoms with Gasteiger partial charge in [-0.2, -0.15) is 0 Å². The lowest BCUT2D eigenvalue weighted by molar-refractivity contribution is -0.129. The van der Waals surface area contributed by atoms with E-state index in [9.17, 15) is 9.59 Å². The van der Waals surface area contributed by atoms with Gasteiger partial charge >= 0.3 is 6.03 Å². The van der Waals surface area contributed by atoms with Gasteiger partial charge in [0.25, 0.3) is 0 Å². The highest BCUT2D eigenvalue weighted by Crippen LogP contribution is 2.01. The van der Waals surface area contributed by atoms with Crippen molar-refractivity contribution in [2.45, 2.75) is 12.6 Å². The summed E-state index contributed by atoms with van der Waals surface area (Å²) in [4.78, 5) is 23.0. The second-order valence-corrected chi connectivity index (χ2v) is 2.45. The van der Waals surface area contributed by atoms with Crippen molar-refractivity contribution in [1.29, 1.82) is 0 Å². The Kier molecular flexibility index (Phi) is 2.09. The lowest BCUT2D eigenvalue weighted by Crippen LogP contribution is -2.57. The Bertz CT molecular complexity index is 174. The predicted molar refractivity (Wildman–Crippen MR) is 38.8 cm³/mol. The fraction of sp³-hybridized carbons (Fsp3) is 0.667. The Hall–Kier alpha value is -1.10. The SMILES string of the molecule is CNC1CC(=O)N(C)C(=O)N1. The van der Waals surface area contributed by atoms with Crippen LogP contribution in [-0.4, -0.2) is 37.1 Å². The fourth-order valence-electron chi connectivity index (χ4n) is 0.896. The Labute approximate surface area is 64.7 Å². The molecule has 0 aromatic heterocycles. The standard InChI is InChI=1S/C6H11N3O2/c1-7-4-3-5(10)9(2)6(11)8-4/h4,7H,3H2,1-2H3,(H,8,11). The summed E-state index contributed by atoms with van der Waals surface area (Å²) in [5, 5.41) is 5.41. The van der Waals surface area contributed by atoms with Crippen LogP contribution in [0.3, 0.4) is 0 Å². The van der Waals surface area contributed by atoms with Crippen molar-refractivity contribution in [1.82, 2.24) is 15.5 Å². The van der Waals surface area contributed by atoms with Gasteiger partial charge in [0.15, 0.2) is 0 Å². The molecule has 0 radical (unpaired) electrons. The molecule has 2 N–H and O–H groups in total. The second kappa shape index (κ2) is 2.87. The van der Waals surface area contributed by atoms with E-state index in [1.807, 2.05) is 0 Å². The Morgan fingerprint density at radius 3 is 2.73 bits per heavy atom. The van der Waals surface area contributed by atoms with Crippen LogP contribution < -0.4 is 10.6 Å². The number of hydrogen-bond donors (Lipinski definition) is 2. The number of nitrogens with zero attached hydrogens (tertiary/aromatic N) is 1. The Morgan fingerprint density at radius 1 is 1.64 bits per heavy atom. The Morgan fingerprint density at radius 2 is 2.27 bits per heavy atom. The van der Waals surface area contributed by atoms with E-state index in [0.29, 0.717) is 6.42 Å². The number of nitrogens with one attached hydrogen (secondary N) is 2. The summed E-state index contributed by atoms with van der Waals surface area (Å²) in [7, 11) is 3.16. The molecule has 0 aliphatic carbocycles. The van der Waals surface area contributed by atoms with E-state index >= 15 is 0 Å². The maximum atomic E-state index is 11.0. The van der Waals surface area contributed by atoms with Crippen LogP contribution in [0.5, 0.6) is 0 Å². The molecule has 0 saturated carbocycles. The highest BCUT2D eigenvalue weighted by atomic mass is 16.2. The maximum Gasteiger partial charge on any atom is 0.325 e. The molecule has 11 heavy (non-hydrogen) atoms. The van der Waals surface area contributed by atoms with Crippen molar-refractivity contribution in [3.05, 3.63) is 0 Å². The highest BCUT2D eigenvalue weighted by Gasteiger charge is 2.27. The molecule has 3 amide bonds. The summed E-state index contributed by atoms with van der Waals surface area (Å²) in [6.45, 7) is 0. The topological polar surface area (TPSA) is 61.4 Å². The van der Waals surface area contributed by atoms with Gasteiger partial charge in [-0.05, 0) is 7.05 Å². The molecule has 1 rings (SSSR count). The zero-order valence-electron chi connectivity index (χ0n) is 6.55. The number of rotatable bonds is 1. The minimum atomic E-state index is -0.347. The molecule has 0 bridgehead atoms. The summed E-state index contributed by atoms with van der Waals surface area (Å²) in [6.07, 6.45) is 0.102. The predicted octanol–water partition coefficient (Wildman–Crippen LogP) is -0.896. The van der Waals surface area contributed by atoms with Crippen LogP contribution in [0.1, 0.15) is 6.42 Å². The molecule has 0 spiro atoms. The first-order valence-corrected chi connectivity index (χ1v) is 3.39. The molecule has 0 aromatic rings. The van der Waals surface area contributed by atoms with Gasteiger partial charge in [-0.3, -0.25) is 15.0 Å². The second-order valence-electron chi connectivity index (χ2n) is 2.45. The van der Waals surface area contributed by atoms with Crippen molar-refractivity contribution in [2.75, 3.05) is 14.1 Å². The molecule has 1 aliphatic heterocycles. The summed E-state index contributed by atoms with van der Waals surface area (Å²) in [5.41, 5.74) is 0. The Balaban J connectivity index is 2.62. The van der Waals surface area contributed by atoms with Gasteiger partial charge in [0.1, 0.15) is 0 Å². The number of urea groups is 1. The minimum absolute atomic E-state index is 0.159. The van der Waals surface area contributed by atoms with Gasteiger partial charge in [0, 0.05) is 7.05 Å². The minimum Gasteiger partial charge on any atom is -0.322 e. The van der Waals surface area contributed by atoms with Crippen LogP contribution in [0.15, 0.2) is 0 Å². The summed E-state index contributed by atoms with van der Waals surface area (Å²) in [5.74, 6) is -0.159. The van der Waals surface area contributed by atoms with Gasteiger partial charge in [-0.1, -0.05) is 0 Å². The summed E-state index contributed by atoms with van der Waals surface area (Å²) < 4.78 is 0. The lowest BCUT2D eigenvalue weighted by Gasteiger charge is -2.28. The van der Waals surface area contributed by atoms with Gasteiger partial charge < -0.3 is 5.32 Å². The van der Waals surface area contributed by atoms with E-state index in [4.69, 9.17) is 0 Å². The van der Waals surface area contributed by atoms with E-state index < -0.39 is 0 Å². The van der Waals surface area contributed by atoms with Crippen LogP contribution >= 0.6 is 0 Å². The largest absolute Gasteiger partial charge is 0.325 e. The molecule has 5 nitrogen and oxygen atoms in total. The third-order valence-corrected chi connectivity index (χ3v) is 1.70. The van der Waals surface area contributed by atoms with E-state index in [2.05, 4.69) is 10.6 Å². The number of imide groups is 1. The van der Waals surface area contributed by atoms with E-state index in [1.54, 1.807) is 7.05 Å². The van der Waals surface area contributed by atoms with Gasteiger partial charge in [0.2, 0.25) is 5.91 Å². The summed E-state index contributed by atoms with van der Waals surface area (Å²) in [6, 6.07) is -0.347. The third-order valence-electron chi connectivity index (χ3n) is 1.70. The molecule has 5 heteroatoms. The van der Waals surface area contributed by atoms with E-state index in [-0.39, 0.29) is 18.1 Å². The van der Waals surface area contributed by atoms with Gasteiger partial charge in [-0.15, -0.1) is 0 Å². The average molecular weight is 157 g/mol. The molecule has 1 aliphatic rings. The maximum absolute atomic E-state index is 11.0. The number of carbonyl (C=O) groups excluding carboxylic acids is 2. The zero-order valence-corrected chi connectivity index (χ0v) is 6.55. The highest BCUT2D eigenvalue weighted by molar-refractivity contribution is 5.96. The molecule has 1 saturated heterocycles. The smallest absolute Gasteiger partial charge is 0.322 e. The number of carbonyl (C=O) groups is 2. The van der Waals surface area contributed by atoms with Crippen LogP contribution in [-0.2, 0) is 4.79 Å². The monoisotopic (exact) mass is 157 g/mol. The first-order valence-electron chi connectivity index (χ1n) is 3.39. The molecule has 1 unspecified atom stereocenters. The average Bonchev–Trinajstić information content (AvgIpc) is 1.99. The molecule has 62 valence electrons. The van der Waals surface area contributed by atoms with Crippen LogP contribution in [0.4, 0.5) is 4.79 Å². The molecule has 1 atom stereocenters. The fourth-order valence-corrected chi connectivity index (χ4v) is 0.896. The molecular weight excluding hydrogens is 146 g/mol. The van der Waals surface area contributed by atoms with Crippen molar-refractivity contribution in [3.8, 4) is 0 Å². The number of hydrogen-bond acceptors (Lipinski definition) is 3. The van der Waals surface area contributed by atoms with Crippen molar-refractivity contribution in [3.63, 3.8) is 0 Å². The molecule has 1 heterocycles. The first-order chi connectivity index (χ1) is 5.15. The van der Waals surface area contributed by atoms with Crippen LogP contribution in [0.2, 0.25) is 0 Å². The molecule has 1 fully saturated rings. The quantitative estimate of drug-likeness (QED) is 0.518. The van der Waals surface area contributed by atoms with E-state index in [1.165, 1.54) is 7.05 Å². The third kappa shape index (κ3) is 1.48. The van der Waals surface area contributed by atoms with Crippen LogP contribution in [0.25, 0.3) is 0 Å². The lowest BCUT2D eigenvalue weighted by atomic mass is 10.2. The van der Waals surface area contributed by atoms with Crippen LogP contribution in [0, 0.1) is 0 Å². The molecular formula is C6H11N3O2. The zero-order chi connectivity index (χ0) is 8.43. The van der Waals surface area contributed by atoms with Crippen molar-refractivity contribution in [2.24, 2.45) is 0 Å².